The molecule has 4 rings (SSSR count). The van der Waals surface area contributed by atoms with Gasteiger partial charge in [-0.15, -0.1) is 10.2 Å². The molecule has 0 aliphatic heterocycles. The Hall–Kier alpha value is -4.01. The van der Waals surface area contributed by atoms with Gasteiger partial charge in [0.15, 0.2) is 11.5 Å². The van der Waals surface area contributed by atoms with Crippen LogP contribution in [0.3, 0.4) is 0 Å². The SMILES string of the molecule is Cc1ccc2[nH]c(=O)c(-c3ccccc3N=Nc3c(N)n[nH]c3N)nc2c1C. The molecule has 28 heavy (non-hydrogen) atoms. The summed E-state index contributed by atoms with van der Waals surface area (Å²) in [6, 6.07) is 10.9. The number of hydrogen-bond donors (Lipinski definition) is 4. The van der Waals surface area contributed by atoms with Gasteiger partial charge in [0.1, 0.15) is 11.5 Å². The Balaban J connectivity index is 1.88. The molecular formula is C19H18N8O. The zero-order valence-corrected chi connectivity index (χ0v) is 15.3. The van der Waals surface area contributed by atoms with Crippen molar-refractivity contribution in [2.75, 3.05) is 11.5 Å². The van der Waals surface area contributed by atoms with Gasteiger partial charge in [0.2, 0.25) is 0 Å². The first-order valence-corrected chi connectivity index (χ1v) is 8.56. The number of aryl methyl sites for hydroxylation is 2. The molecule has 0 unspecified atom stereocenters. The molecule has 0 radical (unpaired) electrons. The van der Waals surface area contributed by atoms with E-state index in [0.717, 1.165) is 16.6 Å². The fourth-order valence-electron chi connectivity index (χ4n) is 2.91. The fraction of sp³-hybridized carbons (Fsp3) is 0.105. The average Bonchev–Trinajstić information content (AvgIpc) is 3.01. The molecule has 0 amide bonds. The van der Waals surface area contributed by atoms with Crippen LogP contribution in [0.25, 0.3) is 22.3 Å². The molecule has 0 aliphatic rings. The number of fused-ring (bicyclic) bond motifs is 1. The monoisotopic (exact) mass is 374 g/mol. The third-order valence-corrected chi connectivity index (χ3v) is 4.60. The van der Waals surface area contributed by atoms with E-state index in [9.17, 15) is 4.79 Å². The van der Waals surface area contributed by atoms with Gasteiger partial charge in [-0.05, 0) is 37.1 Å². The Bertz CT molecular complexity index is 1270. The normalized spacial score (nSPS) is 11.5. The Morgan fingerprint density at radius 2 is 1.82 bits per heavy atom. The Morgan fingerprint density at radius 3 is 2.57 bits per heavy atom. The molecule has 0 fully saturated rings. The van der Waals surface area contributed by atoms with Crippen molar-refractivity contribution in [2.24, 2.45) is 10.2 Å². The van der Waals surface area contributed by atoms with E-state index in [-0.39, 0.29) is 28.6 Å². The van der Waals surface area contributed by atoms with Gasteiger partial charge in [0.25, 0.3) is 5.56 Å². The number of aromatic nitrogens is 4. The van der Waals surface area contributed by atoms with Crippen molar-refractivity contribution >= 4 is 34.0 Å². The quantitative estimate of drug-likeness (QED) is 0.404. The van der Waals surface area contributed by atoms with Gasteiger partial charge in [-0.2, -0.15) is 5.10 Å². The number of nitrogens with zero attached hydrogens (tertiary/aromatic N) is 4. The van der Waals surface area contributed by atoms with Gasteiger partial charge < -0.3 is 16.5 Å². The van der Waals surface area contributed by atoms with E-state index in [1.807, 2.05) is 32.0 Å². The molecule has 4 aromatic rings. The molecule has 6 N–H and O–H groups in total. The molecule has 0 aliphatic carbocycles. The number of benzene rings is 2. The summed E-state index contributed by atoms with van der Waals surface area (Å²) in [7, 11) is 0. The number of nitrogen functional groups attached to an aromatic ring is 2. The van der Waals surface area contributed by atoms with Crippen LogP contribution in [0, 0.1) is 13.8 Å². The minimum Gasteiger partial charge on any atom is -0.382 e. The molecule has 2 aromatic carbocycles. The third kappa shape index (κ3) is 2.88. The van der Waals surface area contributed by atoms with Crippen LogP contribution in [0.2, 0.25) is 0 Å². The number of nitrogens with two attached hydrogens (primary N) is 2. The van der Waals surface area contributed by atoms with E-state index in [1.54, 1.807) is 18.2 Å². The molecule has 0 saturated carbocycles. The lowest BCUT2D eigenvalue weighted by molar-refractivity contribution is 1.11. The molecular weight excluding hydrogens is 356 g/mol. The maximum atomic E-state index is 12.7. The molecule has 9 nitrogen and oxygen atoms in total. The number of aromatic amines is 2. The maximum absolute atomic E-state index is 12.7. The van der Waals surface area contributed by atoms with E-state index in [1.165, 1.54) is 0 Å². The molecule has 0 spiro atoms. The summed E-state index contributed by atoms with van der Waals surface area (Å²) in [6.45, 7) is 3.98. The lowest BCUT2D eigenvalue weighted by Gasteiger charge is -2.08. The van der Waals surface area contributed by atoms with Gasteiger partial charge >= 0.3 is 0 Å². The van der Waals surface area contributed by atoms with Crippen molar-refractivity contribution in [3.63, 3.8) is 0 Å². The van der Waals surface area contributed by atoms with Crippen molar-refractivity contribution < 1.29 is 0 Å². The summed E-state index contributed by atoms with van der Waals surface area (Å²) in [5, 5.41) is 14.6. The highest BCUT2D eigenvalue weighted by Gasteiger charge is 2.14. The van der Waals surface area contributed by atoms with Crippen molar-refractivity contribution in [3.8, 4) is 11.3 Å². The minimum absolute atomic E-state index is 0.145. The van der Waals surface area contributed by atoms with Crippen LogP contribution < -0.4 is 17.0 Å². The highest BCUT2D eigenvalue weighted by atomic mass is 16.1. The Morgan fingerprint density at radius 1 is 1.04 bits per heavy atom. The van der Waals surface area contributed by atoms with Crippen LogP contribution in [0.4, 0.5) is 23.0 Å². The first-order chi connectivity index (χ1) is 13.5. The van der Waals surface area contributed by atoms with Crippen LogP contribution in [0.5, 0.6) is 0 Å². The summed E-state index contributed by atoms with van der Waals surface area (Å²) in [5.41, 5.74) is 16.2. The Kier molecular flexibility index (Phi) is 4.11. The maximum Gasteiger partial charge on any atom is 0.275 e. The topological polar surface area (TPSA) is 151 Å². The van der Waals surface area contributed by atoms with E-state index in [4.69, 9.17) is 11.5 Å². The summed E-state index contributed by atoms with van der Waals surface area (Å²) in [4.78, 5) is 20.2. The van der Waals surface area contributed by atoms with E-state index in [2.05, 4.69) is 30.4 Å². The average molecular weight is 374 g/mol. The van der Waals surface area contributed by atoms with Gasteiger partial charge in [0.05, 0.1) is 16.7 Å². The van der Waals surface area contributed by atoms with E-state index < -0.39 is 0 Å². The minimum atomic E-state index is -0.305. The molecule has 2 aromatic heterocycles. The predicted octanol–water partition coefficient (Wildman–Crippen LogP) is 3.51. The summed E-state index contributed by atoms with van der Waals surface area (Å²) < 4.78 is 0. The molecule has 140 valence electrons. The van der Waals surface area contributed by atoms with Gasteiger partial charge in [-0.1, -0.05) is 24.3 Å². The van der Waals surface area contributed by atoms with Crippen LogP contribution in [-0.4, -0.2) is 20.2 Å². The molecule has 0 bridgehead atoms. The summed E-state index contributed by atoms with van der Waals surface area (Å²) >= 11 is 0. The van der Waals surface area contributed by atoms with Crippen LogP contribution in [0.1, 0.15) is 11.1 Å². The smallest absolute Gasteiger partial charge is 0.275 e. The first-order valence-electron chi connectivity index (χ1n) is 8.56. The number of hydrogen-bond acceptors (Lipinski definition) is 7. The zero-order chi connectivity index (χ0) is 19.8. The Labute approximate surface area is 159 Å². The number of anilines is 2. The molecule has 2 heterocycles. The zero-order valence-electron chi connectivity index (χ0n) is 15.3. The van der Waals surface area contributed by atoms with Crippen molar-refractivity contribution in [1.82, 2.24) is 20.2 Å². The van der Waals surface area contributed by atoms with Crippen LogP contribution in [0.15, 0.2) is 51.4 Å². The predicted molar refractivity (Wildman–Crippen MR) is 109 cm³/mol. The molecule has 0 saturated heterocycles. The summed E-state index contributed by atoms with van der Waals surface area (Å²) in [5.74, 6) is 0.359. The third-order valence-electron chi connectivity index (χ3n) is 4.60. The van der Waals surface area contributed by atoms with Crippen molar-refractivity contribution in [2.45, 2.75) is 13.8 Å². The number of nitrogens with one attached hydrogen (secondary N) is 2. The van der Waals surface area contributed by atoms with E-state index >= 15 is 0 Å². The summed E-state index contributed by atoms with van der Waals surface area (Å²) in [6.07, 6.45) is 0. The van der Waals surface area contributed by atoms with Gasteiger partial charge in [-0.3, -0.25) is 9.89 Å². The number of H-pyrrole nitrogens is 2. The molecule has 9 heteroatoms. The van der Waals surface area contributed by atoms with Crippen molar-refractivity contribution in [1.29, 1.82) is 0 Å². The second-order valence-corrected chi connectivity index (χ2v) is 6.41. The van der Waals surface area contributed by atoms with E-state index in [0.29, 0.717) is 16.8 Å². The van der Waals surface area contributed by atoms with Crippen LogP contribution in [-0.2, 0) is 0 Å². The van der Waals surface area contributed by atoms with Gasteiger partial charge in [-0.25, -0.2) is 4.98 Å². The highest BCUT2D eigenvalue weighted by Crippen LogP contribution is 2.32. The number of rotatable bonds is 3. The second kappa shape index (κ2) is 6.62. The lowest BCUT2D eigenvalue weighted by atomic mass is 10.1. The highest BCUT2D eigenvalue weighted by molar-refractivity contribution is 5.83. The van der Waals surface area contributed by atoms with Crippen LogP contribution >= 0.6 is 0 Å². The standard InChI is InChI=1S/C19H18N8O/c1-9-7-8-13-14(10(9)2)23-15(19(28)22-13)11-5-3-4-6-12(11)24-25-16-17(20)26-27-18(16)21/h3-8H,1-2H3,(H,22,28)(H5,20,21,26,27). The second-order valence-electron chi connectivity index (χ2n) is 6.41. The molecule has 0 atom stereocenters. The lowest BCUT2D eigenvalue weighted by Crippen LogP contribution is -2.12. The number of azo groups is 1. The van der Waals surface area contributed by atoms with Gasteiger partial charge in [0, 0.05) is 5.56 Å². The fourth-order valence-corrected chi connectivity index (χ4v) is 2.91. The van der Waals surface area contributed by atoms with Crippen molar-refractivity contribution in [3.05, 3.63) is 57.9 Å². The first kappa shape index (κ1) is 17.4. The largest absolute Gasteiger partial charge is 0.382 e.